The minimum atomic E-state index is -4.53. The van der Waals surface area contributed by atoms with Crippen LogP contribution in [0, 0.1) is 0 Å². The molecule has 40 heavy (non-hydrogen) atoms. The number of hydrogen-bond acceptors (Lipinski definition) is 5. The Hall–Kier alpha value is -4.73. The predicted molar refractivity (Wildman–Crippen MR) is 142 cm³/mol. The van der Waals surface area contributed by atoms with E-state index < -0.39 is 35.6 Å². The molecule has 2 aromatic heterocycles. The lowest BCUT2D eigenvalue weighted by Gasteiger charge is -2.28. The molecule has 3 heterocycles. The van der Waals surface area contributed by atoms with E-state index in [0.29, 0.717) is 28.1 Å². The zero-order chi connectivity index (χ0) is 28.8. The van der Waals surface area contributed by atoms with E-state index in [9.17, 15) is 33.0 Å². The van der Waals surface area contributed by atoms with Gasteiger partial charge >= 0.3 is 18.1 Å². The number of alkyl halides is 3. The molecule has 1 aliphatic rings. The van der Waals surface area contributed by atoms with E-state index in [0.717, 1.165) is 17.8 Å². The van der Waals surface area contributed by atoms with Crippen molar-refractivity contribution in [2.45, 2.75) is 37.9 Å². The van der Waals surface area contributed by atoms with Crippen molar-refractivity contribution >= 4 is 23.3 Å². The third-order valence-electron chi connectivity index (χ3n) is 7.06. The molecule has 2 unspecified atom stereocenters. The van der Waals surface area contributed by atoms with Crippen LogP contribution >= 0.6 is 0 Å². The standard InChI is InChI=1S/C30H24F3N3O4/c1-16(2)17-3-7-22(8-4-17)36-25-10-5-18(24-9-6-21(15-35-24)30(31,32)33)12-23(25)26(27(36)29(39)40)19-11-20(28(37)38)14-34-13-19/h3-16,26-27H,1-2H3,(H,37,38)(H,39,40). The summed E-state index contributed by atoms with van der Waals surface area (Å²) in [6.45, 7) is 4.10. The number of nitrogens with zero attached hydrogens (tertiary/aromatic N) is 3. The van der Waals surface area contributed by atoms with Gasteiger partial charge in [-0.25, -0.2) is 9.59 Å². The molecule has 0 fully saturated rings. The van der Waals surface area contributed by atoms with Crippen molar-refractivity contribution in [1.29, 1.82) is 0 Å². The molecular formula is C30H24F3N3O4. The van der Waals surface area contributed by atoms with Crippen molar-refractivity contribution in [2.24, 2.45) is 0 Å². The van der Waals surface area contributed by atoms with Crippen molar-refractivity contribution in [3.8, 4) is 11.3 Å². The van der Waals surface area contributed by atoms with Gasteiger partial charge in [-0.1, -0.05) is 32.0 Å². The van der Waals surface area contributed by atoms with Crippen LogP contribution in [-0.2, 0) is 11.0 Å². The van der Waals surface area contributed by atoms with Gasteiger partial charge in [-0.3, -0.25) is 9.97 Å². The summed E-state index contributed by atoms with van der Waals surface area (Å²) in [7, 11) is 0. The number of carboxylic acid groups (broad SMARTS) is 2. The highest BCUT2D eigenvalue weighted by molar-refractivity contribution is 5.91. The van der Waals surface area contributed by atoms with Crippen LogP contribution in [0.2, 0.25) is 0 Å². The molecule has 0 radical (unpaired) electrons. The van der Waals surface area contributed by atoms with Crippen LogP contribution in [-0.4, -0.2) is 38.2 Å². The summed E-state index contributed by atoms with van der Waals surface area (Å²) in [5.74, 6) is -2.91. The first-order valence-corrected chi connectivity index (χ1v) is 12.4. The quantitative estimate of drug-likeness (QED) is 0.276. The van der Waals surface area contributed by atoms with Gasteiger partial charge in [0, 0.05) is 41.4 Å². The fraction of sp³-hybridized carbons (Fsp3) is 0.200. The van der Waals surface area contributed by atoms with E-state index in [1.165, 1.54) is 24.5 Å². The number of aromatic nitrogens is 2. The van der Waals surface area contributed by atoms with Crippen LogP contribution < -0.4 is 4.90 Å². The first-order chi connectivity index (χ1) is 19.0. The van der Waals surface area contributed by atoms with Crippen molar-refractivity contribution in [1.82, 2.24) is 9.97 Å². The average molecular weight is 548 g/mol. The molecule has 4 aromatic rings. The number of rotatable bonds is 6. The second kappa shape index (κ2) is 10.1. The number of benzene rings is 2. The molecule has 0 aliphatic carbocycles. The van der Waals surface area contributed by atoms with E-state index in [1.54, 1.807) is 23.1 Å². The number of carboxylic acids is 2. The fourth-order valence-electron chi connectivity index (χ4n) is 5.06. The lowest BCUT2D eigenvalue weighted by molar-refractivity contribution is -0.139. The van der Waals surface area contributed by atoms with E-state index in [1.807, 2.05) is 24.3 Å². The summed E-state index contributed by atoms with van der Waals surface area (Å²) >= 11 is 0. The number of carbonyl (C=O) groups is 2. The summed E-state index contributed by atoms with van der Waals surface area (Å²) < 4.78 is 39.2. The van der Waals surface area contributed by atoms with E-state index >= 15 is 0 Å². The second-order valence-electron chi connectivity index (χ2n) is 9.89. The zero-order valence-corrected chi connectivity index (χ0v) is 21.4. The Balaban J connectivity index is 1.69. The Morgan fingerprint density at radius 1 is 0.925 bits per heavy atom. The lowest BCUT2D eigenvalue weighted by atomic mass is 9.87. The molecule has 204 valence electrons. The summed E-state index contributed by atoms with van der Waals surface area (Å²) in [6.07, 6.45) is -1.16. The van der Waals surface area contributed by atoms with Gasteiger partial charge in [0.2, 0.25) is 0 Å². The molecule has 0 bridgehead atoms. The highest BCUT2D eigenvalue weighted by Crippen LogP contribution is 2.49. The summed E-state index contributed by atoms with van der Waals surface area (Å²) in [4.78, 5) is 34.2. The molecule has 0 saturated carbocycles. The molecule has 2 aromatic carbocycles. The van der Waals surface area contributed by atoms with Gasteiger partial charge in [0.25, 0.3) is 0 Å². The molecule has 10 heteroatoms. The number of aliphatic carboxylic acids is 1. The van der Waals surface area contributed by atoms with Crippen LogP contribution in [0.25, 0.3) is 11.3 Å². The van der Waals surface area contributed by atoms with Crippen LogP contribution in [0.4, 0.5) is 24.5 Å². The van der Waals surface area contributed by atoms with Gasteiger partial charge in [0.05, 0.1) is 16.8 Å². The average Bonchev–Trinajstić information content (AvgIpc) is 3.27. The molecular weight excluding hydrogens is 523 g/mol. The van der Waals surface area contributed by atoms with Gasteiger partial charge in [0.1, 0.15) is 6.04 Å². The molecule has 1 aliphatic heterocycles. The number of aromatic carboxylic acids is 1. The molecule has 0 saturated heterocycles. The third-order valence-corrected chi connectivity index (χ3v) is 7.06. The van der Waals surface area contributed by atoms with Gasteiger partial charge in [0.15, 0.2) is 0 Å². The summed E-state index contributed by atoms with van der Waals surface area (Å²) in [5.41, 5.74) is 3.01. The van der Waals surface area contributed by atoms with Crippen LogP contribution in [0.3, 0.4) is 0 Å². The number of fused-ring (bicyclic) bond motifs is 1. The lowest BCUT2D eigenvalue weighted by Crippen LogP contribution is -2.38. The molecule has 2 atom stereocenters. The van der Waals surface area contributed by atoms with Crippen LogP contribution in [0.5, 0.6) is 0 Å². The van der Waals surface area contributed by atoms with E-state index in [-0.39, 0.29) is 17.2 Å². The predicted octanol–water partition coefficient (Wildman–Crippen LogP) is 6.72. The monoisotopic (exact) mass is 547 g/mol. The summed E-state index contributed by atoms with van der Waals surface area (Å²) in [6, 6.07) is 15.1. The van der Waals surface area contributed by atoms with Crippen LogP contribution in [0.15, 0.2) is 79.3 Å². The first-order valence-electron chi connectivity index (χ1n) is 12.4. The highest BCUT2D eigenvalue weighted by atomic mass is 19.4. The smallest absolute Gasteiger partial charge is 0.417 e. The molecule has 5 rings (SSSR count). The second-order valence-corrected chi connectivity index (χ2v) is 9.89. The number of halogens is 3. The minimum absolute atomic E-state index is 0.0940. The normalized spacial score (nSPS) is 16.7. The maximum absolute atomic E-state index is 13.1. The van der Waals surface area contributed by atoms with E-state index in [4.69, 9.17) is 0 Å². The molecule has 0 amide bonds. The summed E-state index contributed by atoms with van der Waals surface area (Å²) in [5, 5.41) is 20.0. The topological polar surface area (TPSA) is 104 Å². The minimum Gasteiger partial charge on any atom is -0.480 e. The van der Waals surface area contributed by atoms with Crippen molar-refractivity contribution in [2.75, 3.05) is 4.90 Å². The van der Waals surface area contributed by atoms with Gasteiger partial charge < -0.3 is 15.1 Å². The largest absolute Gasteiger partial charge is 0.480 e. The van der Waals surface area contributed by atoms with Crippen molar-refractivity contribution in [3.05, 3.63) is 107 Å². The maximum atomic E-state index is 13.1. The molecule has 2 N–H and O–H groups in total. The fourth-order valence-corrected chi connectivity index (χ4v) is 5.06. The number of pyridine rings is 2. The Bertz CT molecular complexity index is 1590. The maximum Gasteiger partial charge on any atom is 0.417 e. The van der Waals surface area contributed by atoms with E-state index in [2.05, 4.69) is 23.8 Å². The Labute approximate surface area is 227 Å². The number of hydrogen-bond donors (Lipinski definition) is 2. The van der Waals surface area contributed by atoms with Crippen molar-refractivity contribution < 1.29 is 33.0 Å². The highest BCUT2D eigenvalue weighted by Gasteiger charge is 2.45. The van der Waals surface area contributed by atoms with Crippen LogP contribution in [0.1, 0.15) is 58.3 Å². The van der Waals surface area contributed by atoms with Gasteiger partial charge in [-0.2, -0.15) is 13.2 Å². The van der Waals surface area contributed by atoms with Gasteiger partial charge in [-0.05, 0) is 65.1 Å². The Kier molecular flexibility index (Phi) is 6.79. The van der Waals surface area contributed by atoms with Crippen molar-refractivity contribution in [3.63, 3.8) is 0 Å². The zero-order valence-electron chi connectivity index (χ0n) is 21.4. The first kappa shape index (κ1) is 26.9. The Morgan fingerprint density at radius 2 is 1.65 bits per heavy atom. The number of anilines is 2. The molecule has 7 nitrogen and oxygen atoms in total. The molecule has 0 spiro atoms. The third kappa shape index (κ3) is 4.88. The van der Waals surface area contributed by atoms with Gasteiger partial charge in [-0.15, -0.1) is 0 Å². The Morgan fingerprint density at radius 3 is 2.23 bits per heavy atom. The SMILES string of the molecule is CC(C)c1ccc(N2c3ccc(-c4ccc(C(F)(F)F)cn4)cc3C(c3cncc(C(=O)O)c3)C2C(=O)O)cc1.